The number of benzene rings is 1. The number of fused-ring (bicyclic) bond motifs is 1. The third-order valence-electron chi connectivity index (χ3n) is 3.62. The Hall–Kier alpha value is -0.990. The van der Waals surface area contributed by atoms with Crippen LogP contribution in [0.5, 0.6) is 5.75 Å². The molecule has 0 amide bonds. The van der Waals surface area contributed by atoms with Gasteiger partial charge in [-0.3, -0.25) is 0 Å². The first kappa shape index (κ1) is 14.0. The molecule has 3 heteroatoms. The van der Waals surface area contributed by atoms with Crippen molar-refractivity contribution in [1.82, 2.24) is 0 Å². The van der Waals surface area contributed by atoms with Crippen LogP contribution in [-0.4, -0.2) is 6.61 Å². The normalized spacial score (nSPS) is 15.8. The van der Waals surface area contributed by atoms with Crippen LogP contribution < -0.4 is 4.74 Å². The first-order chi connectivity index (χ1) is 9.45. The minimum Gasteiger partial charge on any atom is -0.493 e. The third-order valence-corrected chi connectivity index (χ3v) is 5.81. The zero-order chi connectivity index (χ0) is 14.3. The summed E-state index contributed by atoms with van der Waals surface area (Å²) in [7, 11) is 0. The summed E-state index contributed by atoms with van der Waals surface area (Å²) in [4.78, 5) is 2.60. The van der Waals surface area contributed by atoms with E-state index in [2.05, 4.69) is 45.0 Å². The highest BCUT2D eigenvalue weighted by molar-refractivity contribution is 7.12. The topological polar surface area (TPSA) is 9.23 Å². The third kappa shape index (κ3) is 2.59. The van der Waals surface area contributed by atoms with Gasteiger partial charge in [0.2, 0.25) is 0 Å². The van der Waals surface area contributed by atoms with Crippen LogP contribution in [0, 0.1) is 0 Å². The summed E-state index contributed by atoms with van der Waals surface area (Å²) in [5.74, 6) is 1.01. The van der Waals surface area contributed by atoms with E-state index in [1.807, 2.05) is 17.4 Å². The van der Waals surface area contributed by atoms with Crippen molar-refractivity contribution in [2.24, 2.45) is 0 Å². The van der Waals surface area contributed by atoms with Gasteiger partial charge in [-0.15, -0.1) is 22.9 Å². The molecule has 1 nitrogen and oxygen atoms in total. The van der Waals surface area contributed by atoms with E-state index in [0.717, 1.165) is 18.8 Å². The molecule has 1 unspecified atom stereocenters. The number of thiophene rings is 1. The van der Waals surface area contributed by atoms with E-state index in [0.29, 0.717) is 0 Å². The summed E-state index contributed by atoms with van der Waals surface area (Å²) in [5.41, 5.74) is 2.63. The van der Waals surface area contributed by atoms with Crippen LogP contribution in [-0.2, 0) is 11.8 Å². The average Bonchev–Trinajstić information content (AvgIpc) is 3.05. The lowest BCUT2D eigenvalue weighted by molar-refractivity contribution is 0.357. The highest BCUT2D eigenvalue weighted by Crippen LogP contribution is 2.39. The van der Waals surface area contributed by atoms with E-state index in [-0.39, 0.29) is 10.8 Å². The summed E-state index contributed by atoms with van der Waals surface area (Å²) in [6, 6.07) is 10.7. The molecule has 0 saturated heterocycles. The first-order valence-electron chi connectivity index (χ1n) is 6.95. The Morgan fingerprint density at radius 2 is 2.00 bits per heavy atom. The molecule has 0 bridgehead atoms. The Balaban J connectivity index is 1.89. The Morgan fingerprint density at radius 3 is 2.70 bits per heavy atom. The Kier molecular flexibility index (Phi) is 3.55. The molecule has 3 rings (SSSR count). The van der Waals surface area contributed by atoms with E-state index >= 15 is 0 Å². The molecular formula is C17H19ClOS. The van der Waals surface area contributed by atoms with Crippen LogP contribution in [0.4, 0.5) is 0 Å². The van der Waals surface area contributed by atoms with Gasteiger partial charge in [0.1, 0.15) is 5.75 Å². The summed E-state index contributed by atoms with van der Waals surface area (Å²) in [6.07, 6.45) is 0.991. The largest absolute Gasteiger partial charge is 0.493 e. The molecule has 20 heavy (non-hydrogen) atoms. The van der Waals surface area contributed by atoms with Crippen LogP contribution in [0.2, 0.25) is 0 Å². The average molecular weight is 307 g/mol. The van der Waals surface area contributed by atoms with Crippen LogP contribution in [0.25, 0.3) is 0 Å². The number of ether oxygens (including phenoxy) is 1. The van der Waals surface area contributed by atoms with Crippen LogP contribution in [0.1, 0.15) is 47.0 Å². The van der Waals surface area contributed by atoms with Crippen molar-refractivity contribution in [2.45, 2.75) is 38.0 Å². The molecule has 2 heterocycles. The van der Waals surface area contributed by atoms with Crippen molar-refractivity contribution < 1.29 is 4.74 Å². The Labute approximate surface area is 129 Å². The van der Waals surface area contributed by atoms with Crippen molar-refractivity contribution in [2.75, 3.05) is 6.61 Å². The fraction of sp³-hybridized carbons (Fsp3) is 0.412. The predicted molar refractivity (Wildman–Crippen MR) is 86.4 cm³/mol. The zero-order valence-corrected chi connectivity index (χ0v) is 13.6. The smallest absolute Gasteiger partial charge is 0.122 e. The first-order valence-corrected chi connectivity index (χ1v) is 8.20. The number of alkyl halides is 1. The lowest BCUT2D eigenvalue weighted by atomic mass is 9.95. The Bertz CT molecular complexity index is 624. The zero-order valence-electron chi connectivity index (χ0n) is 12.1. The van der Waals surface area contributed by atoms with Gasteiger partial charge in [0.15, 0.2) is 0 Å². The molecule has 1 aliphatic heterocycles. The van der Waals surface area contributed by atoms with E-state index < -0.39 is 0 Å². The minimum absolute atomic E-state index is 0.0676. The second kappa shape index (κ2) is 5.09. The Morgan fingerprint density at radius 1 is 1.20 bits per heavy atom. The maximum atomic E-state index is 6.67. The van der Waals surface area contributed by atoms with Gasteiger partial charge in [0.05, 0.1) is 12.0 Å². The fourth-order valence-electron chi connectivity index (χ4n) is 2.42. The van der Waals surface area contributed by atoms with Crippen molar-refractivity contribution in [3.63, 3.8) is 0 Å². The van der Waals surface area contributed by atoms with Gasteiger partial charge in [-0.05, 0) is 34.7 Å². The molecule has 2 aromatic rings. The molecule has 106 valence electrons. The van der Waals surface area contributed by atoms with Crippen LogP contribution >= 0.6 is 22.9 Å². The quantitative estimate of drug-likeness (QED) is 0.683. The predicted octanol–water partition coefficient (Wildman–Crippen LogP) is 5.31. The number of hydrogen-bond acceptors (Lipinski definition) is 2. The van der Waals surface area contributed by atoms with E-state index in [1.165, 1.54) is 20.9 Å². The van der Waals surface area contributed by atoms with Gasteiger partial charge < -0.3 is 4.74 Å². The van der Waals surface area contributed by atoms with Crippen molar-refractivity contribution in [1.29, 1.82) is 0 Å². The van der Waals surface area contributed by atoms with Gasteiger partial charge in [-0.25, -0.2) is 0 Å². The van der Waals surface area contributed by atoms with E-state index in [4.69, 9.17) is 16.3 Å². The van der Waals surface area contributed by atoms with Gasteiger partial charge in [-0.2, -0.15) is 0 Å². The molecule has 1 atom stereocenters. The number of halogens is 1. The highest BCUT2D eigenvalue weighted by atomic mass is 35.5. The molecular weight excluding hydrogens is 288 g/mol. The summed E-state index contributed by atoms with van der Waals surface area (Å²) >= 11 is 8.48. The standard InChI is InChI=1S/C17H19ClOS/c1-17(2,3)15-7-6-14(20-15)16(18)12-4-5-13-11(10-12)8-9-19-13/h4-7,10,16H,8-9H2,1-3H3. The molecule has 1 aromatic heterocycles. The lowest BCUT2D eigenvalue weighted by Gasteiger charge is -2.15. The number of rotatable bonds is 2. The fourth-order valence-corrected chi connectivity index (χ4v) is 3.83. The number of hydrogen-bond donors (Lipinski definition) is 0. The van der Waals surface area contributed by atoms with Gasteiger partial charge in [-0.1, -0.05) is 32.9 Å². The molecule has 0 saturated carbocycles. The molecule has 0 N–H and O–H groups in total. The van der Waals surface area contributed by atoms with Crippen molar-refractivity contribution >= 4 is 22.9 Å². The molecule has 0 fully saturated rings. The van der Waals surface area contributed by atoms with Crippen LogP contribution in [0.15, 0.2) is 30.3 Å². The van der Waals surface area contributed by atoms with E-state index in [1.54, 1.807) is 0 Å². The summed E-state index contributed by atoms with van der Waals surface area (Å²) in [5, 5.41) is -0.0676. The van der Waals surface area contributed by atoms with Gasteiger partial charge >= 0.3 is 0 Å². The van der Waals surface area contributed by atoms with Crippen molar-refractivity contribution in [3.8, 4) is 5.75 Å². The molecule has 0 aliphatic carbocycles. The molecule has 1 aromatic carbocycles. The van der Waals surface area contributed by atoms with Gasteiger partial charge in [0, 0.05) is 16.2 Å². The summed E-state index contributed by atoms with van der Waals surface area (Å²) in [6.45, 7) is 7.49. The molecule has 1 aliphatic rings. The van der Waals surface area contributed by atoms with Crippen LogP contribution in [0.3, 0.4) is 0 Å². The second-order valence-electron chi connectivity index (χ2n) is 6.28. The maximum absolute atomic E-state index is 6.67. The highest BCUT2D eigenvalue weighted by Gasteiger charge is 2.21. The second-order valence-corrected chi connectivity index (χ2v) is 7.83. The SMILES string of the molecule is CC(C)(C)c1ccc(C(Cl)c2ccc3c(c2)CCO3)s1. The maximum Gasteiger partial charge on any atom is 0.122 e. The molecule has 0 spiro atoms. The van der Waals surface area contributed by atoms with Gasteiger partial charge in [0.25, 0.3) is 0 Å². The summed E-state index contributed by atoms with van der Waals surface area (Å²) < 4.78 is 5.55. The monoisotopic (exact) mass is 306 g/mol. The van der Waals surface area contributed by atoms with Crippen molar-refractivity contribution in [3.05, 3.63) is 51.2 Å². The minimum atomic E-state index is -0.0676. The van der Waals surface area contributed by atoms with E-state index in [9.17, 15) is 0 Å². The molecule has 0 radical (unpaired) electrons. The lowest BCUT2D eigenvalue weighted by Crippen LogP contribution is -2.07.